The van der Waals surface area contributed by atoms with Gasteiger partial charge in [-0.3, -0.25) is 9.59 Å². The molecule has 172 valence electrons. The summed E-state index contributed by atoms with van der Waals surface area (Å²) >= 11 is 0. The van der Waals surface area contributed by atoms with Gasteiger partial charge in [-0.15, -0.1) is 0 Å². The Balaban J connectivity index is 3.50. The second kappa shape index (κ2) is 14.8. The van der Waals surface area contributed by atoms with Crippen LogP contribution in [-0.2, 0) is 23.8 Å². The fourth-order valence-corrected chi connectivity index (χ4v) is 3.16. The van der Waals surface area contributed by atoms with Gasteiger partial charge in [0.1, 0.15) is 0 Å². The van der Waals surface area contributed by atoms with Crippen molar-refractivity contribution in [1.29, 1.82) is 0 Å². The molecular weight excluding hydrogens is 372 g/mol. The zero-order valence-corrected chi connectivity index (χ0v) is 19.6. The van der Waals surface area contributed by atoms with Crippen LogP contribution in [0.3, 0.4) is 0 Å². The molecule has 0 amide bonds. The number of esters is 1. The molecule has 0 aromatic heterocycles. The number of carbonyl (C=O) groups is 2. The molecule has 0 aliphatic rings. The molecule has 0 bridgehead atoms. The lowest BCUT2D eigenvalue weighted by Gasteiger charge is -2.28. The van der Waals surface area contributed by atoms with Crippen molar-refractivity contribution in [3.05, 3.63) is 0 Å². The highest BCUT2D eigenvalue weighted by molar-refractivity contribution is 5.70. The summed E-state index contributed by atoms with van der Waals surface area (Å²) < 4.78 is 16.0. The van der Waals surface area contributed by atoms with E-state index in [1.54, 1.807) is 6.92 Å². The Hall–Kier alpha value is -1.14. The van der Waals surface area contributed by atoms with Crippen molar-refractivity contribution in [3.63, 3.8) is 0 Å². The van der Waals surface area contributed by atoms with Crippen LogP contribution in [-0.4, -0.2) is 50.6 Å². The minimum atomic E-state index is -0.726. The van der Waals surface area contributed by atoms with E-state index in [0.29, 0.717) is 26.2 Å². The fraction of sp³-hybridized carbons (Fsp3) is 0.913. The summed E-state index contributed by atoms with van der Waals surface area (Å²) in [5.41, 5.74) is -0.212. The number of aliphatic carboxylic acids is 1. The first-order valence-corrected chi connectivity index (χ1v) is 11.0. The number of carboxylic acid groups (broad SMARTS) is 1. The van der Waals surface area contributed by atoms with Crippen molar-refractivity contribution >= 4 is 11.9 Å². The molecule has 0 aromatic carbocycles. The van der Waals surface area contributed by atoms with Crippen LogP contribution in [0.15, 0.2) is 0 Å². The lowest BCUT2D eigenvalue weighted by Crippen LogP contribution is -2.28. The summed E-state index contributed by atoms with van der Waals surface area (Å²) in [7, 11) is 1.43. The van der Waals surface area contributed by atoms with Crippen LogP contribution >= 0.6 is 0 Å². The van der Waals surface area contributed by atoms with E-state index >= 15 is 0 Å². The van der Waals surface area contributed by atoms with E-state index in [1.807, 2.05) is 13.8 Å². The highest BCUT2D eigenvalue weighted by atomic mass is 16.5. The van der Waals surface area contributed by atoms with Crippen molar-refractivity contribution in [3.8, 4) is 0 Å². The van der Waals surface area contributed by atoms with Crippen LogP contribution in [0.2, 0.25) is 0 Å². The molecule has 0 fully saturated rings. The average Bonchev–Trinajstić information content (AvgIpc) is 2.64. The second-order valence-corrected chi connectivity index (χ2v) is 9.46. The largest absolute Gasteiger partial charge is 0.481 e. The van der Waals surface area contributed by atoms with Gasteiger partial charge < -0.3 is 19.3 Å². The zero-order chi connectivity index (χ0) is 22.3. The minimum absolute atomic E-state index is 0.0260. The number of hydrogen-bond acceptors (Lipinski definition) is 5. The van der Waals surface area contributed by atoms with Crippen LogP contribution < -0.4 is 0 Å². The molecule has 1 N–H and O–H groups in total. The van der Waals surface area contributed by atoms with Crippen molar-refractivity contribution < 1.29 is 28.9 Å². The number of rotatable bonds is 18. The van der Waals surface area contributed by atoms with E-state index in [0.717, 1.165) is 51.6 Å². The van der Waals surface area contributed by atoms with E-state index < -0.39 is 5.97 Å². The number of carboxylic acids is 1. The lowest BCUT2D eigenvalue weighted by atomic mass is 9.76. The molecule has 29 heavy (non-hydrogen) atoms. The molecule has 0 aliphatic carbocycles. The third kappa shape index (κ3) is 14.5. The summed E-state index contributed by atoms with van der Waals surface area (Å²) in [6.45, 7) is 12.9. The molecule has 0 spiro atoms. The molecule has 0 saturated heterocycles. The average molecular weight is 417 g/mol. The van der Waals surface area contributed by atoms with Gasteiger partial charge in [-0.2, -0.15) is 0 Å². The standard InChI is InChI=1S/C23H44O6/c1-19(21(25)26)23(4,5)13-8-10-15-29-17-11-16-28-14-9-7-12-22(2,3)18-20(24)27-6/h19H,7-18H2,1-6H3,(H,25,26). The first-order chi connectivity index (χ1) is 13.5. The molecule has 6 nitrogen and oxygen atoms in total. The summed E-state index contributed by atoms with van der Waals surface area (Å²) in [6, 6.07) is 0. The lowest BCUT2D eigenvalue weighted by molar-refractivity contribution is -0.145. The Labute approximate surface area is 177 Å². The summed E-state index contributed by atoms with van der Waals surface area (Å²) in [5, 5.41) is 9.13. The van der Waals surface area contributed by atoms with E-state index in [2.05, 4.69) is 13.8 Å². The number of unbranched alkanes of at least 4 members (excludes halogenated alkanes) is 2. The molecule has 0 aliphatic heterocycles. The number of ether oxygens (including phenoxy) is 3. The van der Waals surface area contributed by atoms with Gasteiger partial charge in [0.05, 0.1) is 19.4 Å². The Bertz CT molecular complexity index is 458. The zero-order valence-electron chi connectivity index (χ0n) is 19.6. The first-order valence-electron chi connectivity index (χ1n) is 11.0. The summed E-state index contributed by atoms with van der Waals surface area (Å²) in [6.07, 6.45) is 7.19. The molecule has 1 unspecified atom stereocenters. The maximum absolute atomic E-state index is 11.4. The molecular formula is C23H44O6. The molecule has 0 aromatic rings. The smallest absolute Gasteiger partial charge is 0.306 e. The molecule has 0 saturated carbocycles. The predicted molar refractivity (Wildman–Crippen MR) is 115 cm³/mol. The Morgan fingerprint density at radius 2 is 1.31 bits per heavy atom. The van der Waals surface area contributed by atoms with Gasteiger partial charge in [0, 0.05) is 26.4 Å². The van der Waals surface area contributed by atoms with Crippen LogP contribution in [0.5, 0.6) is 0 Å². The van der Waals surface area contributed by atoms with Crippen LogP contribution in [0, 0.1) is 16.7 Å². The highest BCUT2D eigenvalue weighted by Gasteiger charge is 2.30. The summed E-state index contributed by atoms with van der Waals surface area (Å²) in [4.78, 5) is 22.5. The van der Waals surface area contributed by atoms with E-state index in [1.165, 1.54) is 7.11 Å². The molecule has 0 rings (SSSR count). The van der Waals surface area contributed by atoms with Crippen molar-refractivity contribution in [2.75, 3.05) is 33.5 Å². The van der Waals surface area contributed by atoms with Gasteiger partial charge in [0.2, 0.25) is 0 Å². The second-order valence-electron chi connectivity index (χ2n) is 9.46. The Kier molecular flexibility index (Phi) is 14.2. The van der Waals surface area contributed by atoms with Crippen molar-refractivity contribution in [2.24, 2.45) is 16.7 Å². The number of methoxy groups -OCH3 is 1. The molecule has 0 heterocycles. The van der Waals surface area contributed by atoms with Gasteiger partial charge in [0.15, 0.2) is 0 Å². The molecule has 1 atom stereocenters. The van der Waals surface area contributed by atoms with Gasteiger partial charge in [0.25, 0.3) is 0 Å². The fourth-order valence-electron chi connectivity index (χ4n) is 3.16. The third-order valence-corrected chi connectivity index (χ3v) is 5.72. The van der Waals surface area contributed by atoms with E-state index in [4.69, 9.17) is 19.3 Å². The monoisotopic (exact) mass is 416 g/mol. The molecule has 0 radical (unpaired) electrons. The van der Waals surface area contributed by atoms with Crippen LogP contribution in [0.1, 0.15) is 86.0 Å². The van der Waals surface area contributed by atoms with Gasteiger partial charge in [-0.1, -0.05) is 47.5 Å². The summed E-state index contributed by atoms with van der Waals surface area (Å²) in [5.74, 6) is -1.21. The number of carbonyl (C=O) groups excluding carboxylic acids is 1. The SMILES string of the molecule is COC(=O)CC(C)(C)CCCCOCCCOCCCCC(C)(C)C(C)C(=O)O. The van der Waals surface area contributed by atoms with Gasteiger partial charge in [-0.05, 0) is 42.9 Å². The topological polar surface area (TPSA) is 82.1 Å². The van der Waals surface area contributed by atoms with Crippen LogP contribution in [0.25, 0.3) is 0 Å². The van der Waals surface area contributed by atoms with E-state index in [9.17, 15) is 9.59 Å². The quantitative estimate of drug-likeness (QED) is 0.248. The van der Waals surface area contributed by atoms with E-state index in [-0.39, 0.29) is 22.7 Å². The molecule has 6 heteroatoms. The minimum Gasteiger partial charge on any atom is -0.481 e. The maximum atomic E-state index is 11.4. The Morgan fingerprint density at radius 3 is 1.79 bits per heavy atom. The predicted octanol–water partition coefficient (Wildman–Crippen LogP) is 5.09. The highest BCUT2D eigenvalue weighted by Crippen LogP contribution is 2.32. The van der Waals surface area contributed by atoms with Gasteiger partial charge in [-0.25, -0.2) is 0 Å². The first kappa shape index (κ1) is 27.9. The van der Waals surface area contributed by atoms with Gasteiger partial charge >= 0.3 is 11.9 Å². The normalized spacial score (nSPS) is 13.3. The number of hydrogen-bond donors (Lipinski definition) is 1. The maximum Gasteiger partial charge on any atom is 0.306 e. The third-order valence-electron chi connectivity index (χ3n) is 5.72. The van der Waals surface area contributed by atoms with Crippen molar-refractivity contribution in [2.45, 2.75) is 86.0 Å². The van der Waals surface area contributed by atoms with Crippen molar-refractivity contribution in [1.82, 2.24) is 0 Å². The Morgan fingerprint density at radius 1 is 0.828 bits per heavy atom. The van der Waals surface area contributed by atoms with Crippen LogP contribution in [0.4, 0.5) is 0 Å².